The first kappa shape index (κ1) is 11.3. The van der Waals surface area contributed by atoms with E-state index in [4.69, 9.17) is 5.11 Å². The summed E-state index contributed by atoms with van der Waals surface area (Å²) in [6.45, 7) is 0. The van der Waals surface area contributed by atoms with Crippen LogP contribution in [0.3, 0.4) is 0 Å². The summed E-state index contributed by atoms with van der Waals surface area (Å²) in [6.07, 6.45) is 0.147. The third-order valence-corrected chi connectivity index (χ3v) is 2.48. The minimum atomic E-state index is -0.940. The van der Waals surface area contributed by atoms with Crippen LogP contribution < -0.4 is 5.56 Å². The first-order chi connectivity index (χ1) is 8.08. The van der Waals surface area contributed by atoms with Crippen molar-refractivity contribution in [2.24, 2.45) is 0 Å². The van der Waals surface area contributed by atoms with E-state index in [2.05, 4.69) is 4.98 Å². The van der Waals surface area contributed by atoms with Gasteiger partial charge in [-0.2, -0.15) is 0 Å². The highest BCUT2D eigenvalue weighted by molar-refractivity contribution is 5.82. The second-order valence-corrected chi connectivity index (χ2v) is 3.72. The number of halogens is 1. The number of aryl methyl sites for hydroxylation is 1. The van der Waals surface area contributed by atoms with Crippen LogP contribution in [0.1, 0.15) is 12.1 Å². The molecule has 0 amide bonds. The summed E-state index contributed by atoms with van der Waals surface area (Å²) in [5.41, 5.74) is -0.0310. The zero-order valence-corrected chi connectivity index (χ0v) is 8.87. The van der Waals surface area contributed by atoms with Crippen molar-refractivity contribution in [3.63, 3.8) is 0 Å². The lowest BCUT2D eigenvalue weighted by molar-refractivity contribution is -0.136. The number of carboxylic acids is 1. The number of H-pyrrole nitrogens is 1. The molecule has 17 heavy (non-hydrogen) atoms. The quantitative estimate of drug-likeness (QED) is 0.850. The molecule has 0 aliphatic heterocycles. The summed E-state index contributed by atoms with van der Waals surface area (Å²) in [5, 5.41) is 9.04. The van der Waals surface area contributed by atoms with Crippen LogP contribution in [0.4, 0.5) is 4.39 Å². The van der Waals surface area contributed by atoms with Crippen molar-refractivity contribution < 1.29 is 14.3 Å². The van der Waals surface area contributed by atoms with E-state index in [1.54, 1.807) is 12.1 Å². The zero-order chi connectivity index (χ0) is 12.4. The first-order valence-electron chi connectivity index (χ1n) is 5.10. The number of pyridine rings is 1. The van der Waals surface area contributed by atoms with Gasteiger partial charge in [0.2, 0.25) is 0 Å². The summed E-state index contributed by atoms with van der Waals surface area (Å²) < 4.78 is 13.4. The van der Waals surface area contributed by atoms with Gasteiger partial charge in [-0.1, -0.05) is 12.1 Å². The summed E-state index contributed by atoms with van der Waals surface area (Å²) >= 11 is 0. The highest BCUT2D eigenvalue weighted by Gasteiger charge is 2.07. The Balaban J connectivity index is 2.49. The van der Waals surface area contributed by atoms with Gasteiger partial charge < -0.3 is 10.1 Å². The van der Waals surface area contributed by atoms with Crippen molar-refractivity contribution in [3.8, 4) is 0 Å². The molecule has 2 rings (SSSR count). The van der Waals surface area contributed by atoms with Crippen molar-refractivity contribution in [2.45, 2.75) is 12.8 Å². The fourth-order valence-electron chi connectivity index (χ4n) is 1.71. The lowest BCUT2D eigenvalue weighted by Crippen LogP contribution is -2.11. The van der Waals surface area contributed by atoms with Crippen LogP contribution in [0.5, 0.6) is 0 Å². The van der Waals surface area contributed by atoms with Gasteiger partial charge in [-0.3, -0.25) is 9.59 Å². The SMILES string of the molecule is O=C(O)CCc1cc2cccc(F)c2c(=O)[nH]1. The largest absolute Gasteiger partial charge is 0.481 e. The van der Waals surface area contributed by atoms with Gasteiger partial charge in [0.05, 0.1) is 11.8 Å². The summed E-state index contributed by atoms with van der Waals surface area (Å²) in [5.74, 6) is -1.52. The van der Waals surface area contributed by atoms with Gasteiger partial charge in [-0.25, -0.2) is 4.39 Å². The molecule has 0 unspecified atom stereocenters. The van der Waals surface area contributed by atoms with Crippen LogP contribution in [0.2, 0.25) is 0 Å². The molecule has 5 heteroatoms. The zero-order valence-electron chi connectivity index (χ0n) is 8.87. The molecule has 0 aliphatic carbocycles. The first-order valence-corrected chi connectivity index (χ1v) is 5.10. The van der Waals surface area contributed by atoms with E-state index in [0.717, 1.165) is 0 Å². The number of carbonyl (C=O) groups is 1. The maximum atomic E-state index is 13.4. The van der Waals surface area contributed by atoms with Crippen molar-refractivity contribution in [3.05, 3.63) is 46.1 Å². The number of hydrogen-bond donors (Lipinski definition) is 2. The molecule has 0 aliphatic rings. The smallest absolute Gasteiger partial charge is 0.303 e. The molecular formula is C12H10FNO3. The molecule has 1 heterocycles. The van der Waals surface area contributed by atoms with Gasteiger partial charge in [0.15, 0.2) is 0 Å². The number of aromatic nitrogens is 1. The fraction of sp³-hybridized carbons (Fsp3) is 0.167. The molecule has 88 valence electrons. The van der Waals surface area contributed by atoms with Crippen LogP contribution in [-0.2, 0) is 11.2 Å². The van der Waals surface area contributed by atoms with Gasteiger partial charge >= 0.3 is 5.97 Å². The Labute approximate surface area is 95.7 Å². The minimum Gasteiger partial charge on any atom is -0.481 e. The molecule has 4 nitrogen and oxygen atoms in total. The minimum absolute atomic E-state index is 0.00609. The molecule has 0 saturated carbocycles. The highest BCUT2D eigenvalue weighted by Crippen LogP contribution is 2.14. The van der Waals surface area contributed by atoms with Crippen LogP contribution in [-0.4, -0.2) is 16.1 Å². The van der Waals surface area contributed by atoms with Gasteiger partial charge in [0.25, 0.3) is 5.56 Å². The molecule has 2 aromatic rings. The van der Waals surface area contributed by atoms with E-state index < -0.39 is 17.3 Å². The van der Waals surface area contributed by atoms with Crippen molar-refractivity contribution >= 4 is 16.7 Å². The van der Waals surface area contributed by atoms with E-state index in [9.17, 15) is 14.0 Å². The molecule has 1 aromatic carbocycles. The van der Waals surface area contributed by atoms with Crippen molar-refractivity contribution in [2.75, 3.05) is 0 Å². The Morgan fingerprint density at radius 1 is 1.41 bits per heavy atom. The van der Waals surface area contributed by atoms with Crippen LogP contribution in [0.15, 0.2) is 29.1 Å². The standard InChI is InChI=1S/C12H10FNO3/c13-9-3-1-2-7-6-8(4-5-10(15)16)14-12(17)11(7)9/h1-3,6H,4-5H2,(H,14,17)(H,15,16). The number of rotatable bonds is 3. The predicted octanol–water partition coefficient (Wildman–Crippen LogP) is 1.68. The number of aromatic amines is 1. The van der Waals surface area contributed by atoms with Gasteiger partial charge in [0, 0.05) is 5.69 Å². The normalized spacial score (nSPS) is 10.6. The number of fused-ring (bicyclic) bond motifs is 1. The Kier molecular flexibility index (Phi) is 2.91. The Morgan fingerprint density at radius 3 is 2.88 bits per heavy atom. The van der Waals surface area contributed by atoms with Crippen LogP contribution >= 0.6 is 0 Å². The van der Waals surface area contributed by atoms with Crippen LogP contribution in [0.25, 0.3) is 10.8 Å². The average Bonchev–Trinajstić information content (AvgIpc) is 2.26. The molecule has 1 aromatic heterocycles. The Morgan fingerprint density at radius 2 is 2.18 bits per heavy atom. The number of carboxylic acid groups (broad SMARTS) is 1. The fourth-order valence-corrected chi connectivity index (χ4v) is 1.71. The molecule has 0 radical (unpaired) electrons. The van der Waals surface area contributed by atoms with Gasteiger partial charge in [0.1, 0.15) is 5.82 Å². The molecule has 0 atom stereocenters. The Bertz CT molecular complexity index is 633. The Hall–Kier alpha value is -2.17. The molecular weight excluding hydrogens is 225 g/mol. The third kappa shape index (κ3) is 2.33. The molecule has 0 bridgehead atoms. The number of hydrogen-bond acceptors (Lipinski definition) is 2. The summed E-state index contributed by atoms with van der Waals surface area (Å²) in [6, 6.07) is 5.95. The van der Waals surface area contributed by atoms with E-state index in [1.807, 2.05) is 0 Å². The van der Waals surface area contributed by atoms with E-state index in [1.165, 1.54) is 12.1 Å². The number of benzene rings is 1. The van der Waals surface area contributed by atoms with E-state index >= 15 is 0 Å². The van der Waals surface area contributed by atoms with E-state index in [-0.39, 0.29) is 18.2 Å². The maximum Gasteiger partial charge on any atom is 0.303 e. The summed E-state index contributed by atoms with van der Waals surface area (Å²) in [7, 11) is 0. The average molecular weight is 235 g/mol. The molecule has 0 spiro atoms. The lowest BCUT2D eigenvalue weighted by Gasteiger charge is -2.02. The molecule has 0 saturated heterocycles. The highest BCUT2D eigenvalue weighted by atomic mass is 19.1. The topological polar surface area (TPSA) is 70.2 Å². The predicted molar refractivity (Wildman–Crippen MR) is 60.5 cm³/mol. The third-order valence-electron chi connectivity index (χ3n) is 2.48. The monoisotopic (exact) mass is 235 g/mol. The van der Waals surface area contributed by atoms with Crippen LogP contribution in [0, 0.1) is 5.82 Å². The molecule has 0 fully saturated rings. The second kappa shape index (κ2) is 4.37. The van der Waals surface area contributed by atoms with Gasteiger partial charge in [-0.05, 0) is 23.9 Å². The number of aliphatic carboxylic acids is 1. The molecule has 2 N–H and O–H groups in total. The van der Waals surface area contributed by atoms with Crippen molar-refractivity contribution in [1.82, 2.24) is 4.98 Å². The maximum absolute atomic E-state index is 13.4. The number of nitrogens with one attached hydrogen (secondary N) is 1. The van der Waals surface area contributed by atoms with E-state index in [0.29, 0.717) is 11.1 Å². The summed E-state index contributed by atoms with van der Waals surface area (Å²) in [4.78, 5) is 24.5. The second-order valence-electron chi connectivity index (χ2n) is 3.72. The lowest BCUT2D eigenvalue weighted by atomic mass is 10.1. The van der Waals surface area contributed by atoms with Crippen molar-refractivity contribution in [1.29, 1.82) is 0 Å². The van der Waals surface area contributed by atoms with Gasteiger partial charge in [-0.15, -0.1) is 0 Å².